The lowest BCUT2D eigenvalue weighted by Crippen LogP contribution is -2.37. The molecule has 0 spiro atoms. The highest BCUT2D eigenvalue weighted by Gasteiger charge is 2.39. The standard InChI is InChI=1S/C9H20N2.C9H17N.C8H18N2.C7H13F2N.C7H15NO.C7H15N.C7H14O/c1-8(2)11-6-5-9(7-11)10(3)4;1-7(2)10-6-8-3-4-9(10)5-8;1-7(2)10-5-4-8(6-10)9-3;1-6(2)10-4-3-7(8,9)5-10;1-6(2)8-4-3-7(9)5-8;1-7(2)8-5-3-4-6-8;1-6(2)7-4-3-5-8-7/h8-9H,5-7H2,1-4H3;7-9H,3-6H2,1-2H3;7-9H,4-6H2,1-3H3;6H,3-5H2,1-2H3;6-7,9H,3-5H2,1-2H3;7H,3-6H2,1-2H3;6-7H,3-5H2,1-2H3. The van der Waals surface area contributed by atoms with Gasteiger partial charge < -0.3 is 25.0 Å². The van der Waals surface area contributed by atoms with Crippen LogP contribution in [0.4, 0.5) is 8.78 Å². The largest absolute Gasteiger partial charge is 0.392 e. The second-order valence-electron chi connectivity index (χ2n) is 23.3. The molecule has 7 heterocycles. The number of β-amino-alcohol motifs (C(OH)–C–C–N with tert-alkyl or cyclic N) is 1. The molecule has 6 atom stereocenters. The third-order valence-electron chi connectivity index (χ3n) is 15.6. The first-order valence-electron chi connectivity index (χ1n) is 27.4. The molecular weight excluding hydrogens is 831 g/mol. The lowest BCUT2D eigenvalue weighted by atomic mass is 10.1. The van der Waals surface area contributed by atoms with Gasteiger partial charge >= 0.3 is 0 Å². The van der Waals surface area contributed by atoms with E-state index in [1.165, 1.54) is 104 Å². The molecule has 2 bridgehead atoms. The van der Waals surface area contributed by atoms with Crippen LogP contribution in [0.5, 0.6) is 0 Å². The lowest BCUT2D eigenvalue weighted by Gasteiger charge is -2.30. The van der Waals surface area contributed by atoms with E-state index in [1.54, 1.807) is 4.90 Å². The number of hydrogen-bond acceptors (Lipinski definition) is 10. The number of rotatable bonds is 9. The van der Waals surface area contributed by atoms with E-state index < -0.39 is 5.92 Å². The predicted octanol–water partition coefficient (Wildman–Crippen LogP) is 9.11. The summed E-state index contributed by atoms with van der Waals surface area (Å²) in [5.41, 5.74) is 0. The van der Waals surface area contributed by atoms with Gasteiger partial charge in [-0.2, -0.15) is 0 Å². The number of piperidine rings is 1. The predicted molar refractivity (Wildman–Crippen MR) is 279 cm³/mol. The van der Waals surface area contributed by atoms with Crippen LogP contribution in [0.15, 0.2) is 0 Å². The van der Waals surface area contributed by atoms with Crippen LogP contribution in [0.2, 0.25) is 0 Å². The maximum absolute atomic E-state index is 12.5. The van der Waals surface area contributed by atoms with Crippen molar-refractivity contribution < 1.29 is 18.6 Å². The summed E-state index contributed by atoms with van der Waals surface area (Å²) >= 11 is 0. The Bertz CT molecular complexity index is 1180. The van der Waals surface area contributed by atoms with Gasteiger partial charge in [0.05, 0.1) is 18.8 Å². The number of likely N-dealkylation sites (N-methyl/N-ethyl adjacent to an activating group) is 2. The number of nitrogens with zero attached hydrogens (tertiary/aromatic N) is 7. The molecule has 12 heteroatoms. The van der Waals surface area contributed by atoms with E-state index >= 15 is 0 Å². The monoisotopic (exact) mass is 943 g/mol. The fraction of sp³-hybridized carbons (Fsp3) is 1.00. The summed E-state index contributed by atoms with van der Waals surface area (Å²) in [6, 6.07) is 6.35. The summed E-state index contributed by atoms with van der Waals surface area (Å²) in [7, 11) is 6.40. The second kappa shape index (κ2) is 31.7. The van der Waals surface area contributed by atoms with Crippen LogP contribution < -0.4 is 5.32 Å². The van der Waals surface area contributed by atoms with E-state index in [4.69, 9.17) is 9.84 Å². The van der Waals surface area contributed by atoms with Crippen LogP contribution in [0.3, 0.4) is 0 Å². The molecule has 1 saturated carbocycles. The molecule has 7 aliphatic heterocycles. The average molecular weight is 944 g/mol. The van der Waals surface area contributed by atoms with Gasteiger partial charge in [-0.15, -0.1) is 0 Å². The average Bonchev–Trinajstić information content (AvgIpc) is 4.11. The van der Waals surface area contributed by atoms with Gasteiger partial charge in [0.25, 0.3) is 5.92 Å². The van der Waals surface area contributed by atoms with Gasteiger partial charge in [-0.05, 0) is 200 Å². The number of alkyl halides is 2. The Morgan fingerprint density at radius 2 is 1.12 bits per heavy atom. The smallest absolute Gasteiger partial charge is 0.261 e. The Morgan fingerprint density at radius 3 is 1.38 bits per heavy atom. The van der Waals surface area contributed by atoms with Crippen molar-refractivity contribution in [1.82, 2.24) is 39.6 Å². The molecule has 6 unspecified atom stereocenters. The number of likely N-dealkylation sites (tertiary alicyclic amines) is 6. The SMILES string of the molecule is CC(C)C1CCCO1.CC(C)N1CC2CCC1C2.CC(C)N1CCC(F)(F)C1.CC(C)N1CCC(N(C)C)C1.CC(C)N1CCC(O)C1.CC(C)N1CCCC1.CNC1CCN(C(C)C)C1. The minimum absolute atomic E-state index is 0.0329. The molecule has 1 aliphatic carbocycles. The van der Waals surface area contributed by atoms with Gasteiger partial charge in [0.15, 0.2) is 0 Å². The lowest BCUT2D eigenvalue weighted by molar-refractivity contribution is 0.00920. The summed E-state index contributed by atoms with van der Waals surface area (Å²) in [5, 5.41) is 12.4. The fourth-order valence-electron chi connectivity index (χ4n) is 10.6. The zero-order valence-corrected chi connectivity index (χ0v) is 46.5. The van der Waals surface area contributed by atoms with Crippen LogP contribution in [0.1, 0.15) is 168 Å². The van der Waals surface area contributed by atoms with Crippen molar-refractivity contribution in [2.45, 2.75) is 240 Å². The van der Waals surface area contributed by atoms with Crippen LogP contribution in [0.25, 0.3) is 0 Å². The first-order valence-corrected chi connectivity index (χ1v) is 27.4. The molecular formula is C54H112F2N8O2. The molecule has 0 aromatic carbocycles. The molecule has 8 rings (SSSR count). The van der Waals surface area contributed by atoms with Crippen LogP contribution in [-0.4, -0.2) is 212 Å². The third kappa shape index (κ3) is 23.6. The zero-order chi connectivity index (χ0) is 49.7. The third-order valence-corrected chi connectivity index (χ3v) is 15.6. The van der Waals surface area contributed by atoms with Gasteiger partial charge in [0.1, 0.15) is 0 Å². The van der Waals surface area contributed by atoms with Gasteiger partial charge in [0, 0.05) is 113 Å². The molecule has 10 nitrogen and oxygen atoms in total. The Balaban J connectivity index is 0.000000265. The Hall–Kier alpha value is -0.540. The normalized spacial score (nSPS) is 29.3. The van der Waals surface area contributed by atoms with E-state index in [-0.39, 0.29) is 25.1 Å². The first-order chi connectivity index (χ1) is 30.9. The number of hydrogen-bond donors (Lipinski definition) is 2. The van der Waals surface area contributed by atoms with E-state index in [9.17, 15) is 8.78 Å². The minimum atomic E-state index is -2.43. The summed E-state index contributed by atoms with van der Waals surface area (Å²) in [6.45, 7) is 43.4. The van der Waals surface area contributed by atoms with Crippen LogP contribution >= 0.6 is 0 Å². The van der Waals surface area contributed by atoms with Gasteiger partial charge in [0.2, 0.25) is 0 Å². The van der Waals surface area contributed by atoms with Gasteiger partial charge in [-0.1, -0.05) is 13.8 Å². The summed E-state index contributed by atoms with van der Waals surface area (Å²) < 4.78 is 30.4. The topological polar surface area (TPSA) is 64.2 Å². The van der Waals surface area contributed by atoms with E-state index in [0.717, 1.165) is 80.2 Å². The van der Waals surface area contributed by atoms with Crippen molar-refractivity contribution in [1.29, 1.82) is 0 Å². The number of fused-ring (bicyclic) bond motifs is 2. The highest BCUT2D eigenvalue weighted by molar-refractivity contribution is 4.93. The van der Waals surface area contributed by atoms with Crippen molar-refractivity contribution in [3.05, 3.63) is 0 Å². The number of nitrogens with one attached hydrogen (secondary N) is 1. The second-order valence-corrected chi connectivity index (χ2v) is 23.3. The van der Waals surface area contributed by atoms with Crippen molar-refractivity contribution in [3.63, 3.8) is 0 Å². The number of ether oxygens (including phenoxy) is 1. The highest BCUT2D eigenvalue weighted by atomic mass is 19.3. The summed E-state index contributed by atoms with van der Waals surface area (Å²) in [5.74, 6) is -0.644. The molecule has 0 radical (unpaired) electrons. The first kappa shape index (κ1) is 61.6. The molecule has 0 aromatic heterocycles. The number of halogens is 2. The van der Waals surface area contributed by atoms with Crippen molar-refractivity contribution in [3.8, 4) is 0 Å². The Morgan fingerprint density at radius 1 is 0.576 bits per heavy atom. The van der Waals surface area contributed by atoms with Crippen LogP contribution in [-0.2, 0) is 4.74 Å². The summed E-state index contributed by atoms with van der Waals surface area (Å²) in [4.78, 5) is 16.7. The van der Waals surface area contributed by atoms with E-state index in [1.807, 2.05) is 13.8 Å². The number of aliphatic hydroxyl groups is 1. The quantitative estimate of drug-likeness (QED) is 0.234. The maximum atomic E-state index is 12.5. The van der Waals surface area contributed by atoms with Crippen LogP contribution in [0, 0.1) is 11.8 Å². The molecule has 8 fully saturated rings. The van der Waals surface area contributed by atoms with Crippen molar-refractivity contribution in [2.24, 2.45) is 11.8 Å². The fourth-order valence-corrected chi connectivity index (χ4v) is 10.6. The van der Waals surface area contributed by atoms with Crippen molar-refractivity contribution in [2.75, 3.05) is 99.7 Å². The maximum Gasteiger partial charge on any atom is 0.261 e. The molecule has 7 saturated heterocycles. The molecule has 2 N–H and O–H groups in total. The highest BCUT2D eigenvalue weighted by Crippen LogP contribution is 2.38. The molecule has 0 aromatic rings. The zero-order valence-electron chi connectivity index (χ0n) is 46.5. The summed E-state index contributed by atoms with van der Waals surface area (Å²) in [6.07, 6.45) is 14.0. The Kier molecular flexibility index (Phi) is 29.6. The van der Waals surface area contributed by atoms with Gasteiger partial charge in [-0.3, -0.25) is 24.5 Å². The Labute approximate surface area is 408 Å². The minimum Gasteiger partial charge on any atom is -0.392 e. The molecule has 394 valence electrons. The molecule has 0 amide bonds. The van der Waals surface area contributed by atoms with Gasteiger partial charge in [-0.25, -0.2) is 8.78 Å². The van der Waals surface area contributed by atoms with Crippen molar-refractivity contribution >= 4 is 0 Å². The van der Waals surface area contributed by atoms with E-state index in [0.29, 0.717) is 18.7 Å². The number of aliphatic hydroxyl groups excluding tert-OH is 1. The molecule has 8 aliphatic rings. The molecule has 66 heavy (non-hydrogen) atoms. The van der Waals surface area contributed by atoms with E-state index in [2.05, 4.69) is 139 Å².